The van der Waals surface area contributed by atoms with Crippen molar-refractivity contribution in [1.29, 1.82) is 0 Å². The van der Waals surface area contributed by atoms with Crippen LogP contribution in [-0.4, -0.2) is 23.0 Å². The molecule has 0 aromatic heterocycles. The summed E-state index contributed by atoms with van der Waals surface area (Å²) in [5.41, 5.74) is 0.376. The van der Waals surface area contributed by atoms with Crippen molar-refractivity contribution in [3.8, 4) is 5.75 Å². The number of rotatable bonds is 4. The summed E-state index contributed by atoms with van der Waals surface area (Å²) in [5.74, 6) is -0.413. The molecule has 1 aromatic carbocycles. The third-order valence-corrected chi connectivity index (χ3v) is 2.31. The average Bonchev–Trinajstić information content (AvgIpc) is 2.29. The van der Waals surface area contributed by atoms with Crippen LogP contribution >= 0.6 is 22.6 Å². The van der Waals surface area contributed by atoms with E-state index in [0.29, 0.717) is 17.9 Å². The number of ether oxygens (including phenoxy) is 2. The molecule has 0 fully saturated rings. The molecule has 0 saturated heterocycles. The zero-order chi connectivity index (χ0) is 12.0. The Bertz CT molecular complexity index is 389. The fourth-order valence-corrected chi connectivity index (χ4v) is 1.22. The number of benzene rings is 1. The van der Waals surface area contributed by atoms with Gasteiger partial charge in [0, 0.05) is 0 Å². The van der Waals surface area contributed by atoms with Crippen LogP contribution in [0.1, 0.15) is 17.3 Å². The third-order valence-electron chi connectivity index (χ3n) is 1.69. The molecule has 0 saturated carbocycles. The highest BCUT2D eigenvalue weighted by atomic mass is 127. The summed E-state index contributed by atoms with van der Waals surface area (Å²) in [6.07, 6.45) is 0. The largest absolute Gasteiger partial charge is 0.462 e. The predicted octanol–water partition coefficient (Wildman–Crippen LogP) is 2.20. The lowest BCUT2D eigenvalue weighted by atomic mass is 10.2. The smallest absolute Gasteiger partial charge is 0.338 e. The second-order valence-corrected chi connectivity index (χ2v) is 3.62. The molecule has 86 valence electrons. The van der Waals surface area contributed by atoms with Gasteiger partial charge in [0.25, 0.3) is 0 Å². The number of carbonyl (C=O) groups is 2. The molecule has 0 aliphatic rings. The van der Waals surface area contributed by atoms with E-state index in [1.165, 1.54) is 6.07 Å². The van der Waals surface area contributed by atoms with Gasteiger partial charge in [0.2, 0.25) is 0 Å². The summed E-state index contributed by atoms with van der Waals surface area (Å²) in [5, 5.41) is 0. The fraction of sp³-hybridized carbons (Fsp3) is 0.273. The molecular formula is C11H11IO4. The zero-order valence-corrected chi connectivity index (χ0v) is 10.9. The molecule has 1 rings (SSSR count). The Balaban J connectivity index is 2.78. The van der Waals surface area contributed by atoms with E-state index in [9.17, 15) is 9.59 Å². The Kier molecular flexibility index (Phi) is 5.24. The maximum Gasteiger partial charge on any atom is 0.338 e. The van der Waals surface area contributed by atoms with Crippen molar-refractivity contribution in [3.05, 3.63) is 29.8 Å². The summed E-state index contributed by atoms with van der Waals surface area (Å²) >= 11 is 1.91. The van der Waals surface area contributed by atoms with Crippen molar-refractivity contribution in [2.45, 2.75) is 6.92 Å². The zero-order valence-electron chi connectivity index (χ0n) is 8.73. The first-order valence-electron chi connectivity index (χ1n) is 4.71. The second-order valence-electron chi connectivity index (χ2n) is 2.86. The van der Waals surface area contributed by atoms with Crippen molar-refractivity contribution in [3.63, 3.8) is 0 Å². The van der Waals surface area contributed by atoms with Crippen molar-refractivity contribution < 1.29 is 19.1 Å². The molecule has 5 heteroatoms. The van der Waals surface area contributed by atoms with Gasteiger partial charge in [0.1, 0.15) is 5.75 Å². The molecule has 0 amide bonds. The molecule has 0 spiro atoms. The minimum absolute atomic E-state index is 0.265. The van der Waals surface area contributed by atoms with Gasteiger partial charge >= 0.3 is 11.9 Å². The maximum absolute atomic E-state index is 11.4. The lowest BCUT2D eigenvalue weighted by Gasteiger charge is -2.05. The third kappa shape index (κ3) is 3.80. The van der Waals surface area contributed by atoms with E-state index in [4.69, 9.17) is 9.47 Å². The first-order valence-corrected chi connectivity index (χ1v) is 6.23. The van der Waals surface area contributed by atoms with Gasteiger partial charge in [-0.15, -0.1) is 0 Å². The van der Waals surface area contributed by atoms with Crippen LogP contribution in [0.5, 0.6) is 5.75 Å². The van der Waals surface area contributed by atoms with E-state index in [2.05, 4.69) is 0 Å². The molecule has 0 radical (unpaired) electrons. The van der Waals surface area contributed by atoms with Gasteiger partial charge in [-0.25, -0.2) is 4.79 Å². The molecule has 4 nitrogen and oxygen atoms in total. The Morgan fingerprint density at radius 2 is 2.12 bits per heavy atom. The molecule has 0 heterocycles. The van der Waals surface area contributed by atoms with Gasteiger partial charge in [0.15, 0.2) is 0 Å². The number of alkyl halides is 1. The molecule has 0 atom stereocenters. The summed E-state index contributed by atoms with van der Waals surface area (Å²) in [7, 11) is 0. The highest BCUT2D eigenvalue weighted by Crippen LogP contribution is 2.14. The minimum Gasteiger partial charge on any atom is -0.462 e. The normalized spacial score (nSPS) is 9.62. The fourth-order valence-electron chi connectivity index (χ4n) is 1.06. The van der Waals surface area contributed by atoms with Crippen molar-refractivity contribution in [2.75, 3.05) is 11.0 Å². The predicted molar refractivity (Wildman–Crippen MR) is 66.9 cm³/mol. The average molecular weight is 334 g/mol. The Labute approximate surface area is 107 Å². The molecule has 1 aromatic rings. The van der Waals surface area contributed by atoms with E-state index < -0.39 is 5.97 Å². The van der Waals surface area contributed by atoms with Crippen LogP contribution in [0.15, 0.2) is 24.3 Å². The van der Waals surface area contributed by atoms with Crippen molar-refractivity contribution in [1.82, 2.24) is 0 Å². The maximum atomic E-state index is 11.4. The molecule has 0 bridgehead atoms. The van der Waals surface area contributed by atoms with Gasteiger partial charge in [-0.05, 0) is 25.1 Å². The first-order chi connectivity index (χ1) is 7.67. The van der Waals surface area contributed by atoms with E-state index in [0.717, 1.165) is 0 Å². The van der Waals surface area contributed by atoms with Gasteiger partial charge in [-0.2, -0.15) is 0 Å². The van der Waals surface area contributed by atoms with Gasteiger partial charge in [-0.1, -0.05) is 28.7 Å². The molecule has 0 N–H and O–H groups in total. The highest BCUT2D eigenvalue weighted by molar-refractivity contribution is 14.1. The van der Waals surface area contributed by atoms with Crippen LogP contribution in [0.2, 0.25) is 0 Å². The van der Waals surface area contributed by atoms with Crippen molar-refractivity contribution >= 4 is 34.5 Å². The Morgan fingerprint density at radius 3 is 2.75 bits per heavy atom. The molecule has 0 unspecified atom stereocenters. The summed E-state index contributed by atoms with van der Waals surface area (Å²) in [4.78, 5) is 22.4. The molecular weight excluding hydrogens is 323 g/mol. The van der Waals surface area contributed by atoms with Crippen molar-refractivity contribution in [2.24, 2.45) is 0 Å². The summed E-state index contributed by atoms with van der Waals surface area (Å²) in [6, 6.07) is 6.36. The van der Waals surface area contributed by atoms with Crippen LogP contribution in [0.3, 0.4) is 0 Å². The standard InChI is InChI=1S/C11H11IO4/c1-2-15-11(14)8-4-3-5-9(6-8)16-10(13)7-12/h3-6H,2,7H2,1H3. The van der Waals surface area contributed by atoms with Crippen LogP contribution in [0.4, 0.5) is 0 Å². The molecule has 0 aliphatic heterocycles. The molecule has 16 heavy (non-hydrogen) atoms. The van der Waals surface area contributed by atoms with E-state index in [-0.39, 0.29) is 10.4 Å². The van der Waals surface area contributed by atoms with Gasteiger partial charge in [-0.3, -0.25) is 4.79 Å². The number of halogens is 1. The van der Waals surface area contributed by atoms with Gasteiger partial charge < -0.3 is 9.47 Å². The van der Waals surface area contributed by atoms with E-state index in [1.54, 1.807) is 25.1 Å². The van der Waals surface area contributed by atoms with Gasteiger partial charge in [0.05, 0.1) is 16.6 Å². The second kappa shape index (κ2) is 6.47. The van der Waals surface area contributed by atoms with Crippen LogP contribution in [0.25, 0.3) is 0 Å². The monoisotopic (exact) mass is 334 g/mol. The SMILES string of the molecule is CCOC(=O)c1cccc(OC(=O)CI)c1. The van der Waals surface area contributed by atoms with Crippen LogP contribution < -0.4 is 4.74 Å². The van der Waals surface area contributed by atoms with Crippen LogP contribution in [-0.2, 0) is 9.53 Å². The number of carbonyl (C=O) groups excluding carboxylic acids is 2. The van der Waals surface area contributed by atoms with E-state index in [1.807, 2.05) is 22.6 Å². The minimum atomic E-state index is -0.421. The summed E-state index contributed by atoms with van der Waals surface area (Å²) < 4.78 is 10.1. The molecule has 0 aliphatic carbocycles. The number of esters is 2. The topological polar surface area (TPSA) is 52.6 Å². The number of hydrogen-bond donors (Lipinski definition) is 0. The Hall–Kier alpha value is -1.11. The quantitative estimate of drug-likeness (QED) is 0.367. The first kappa shape index (κ1) is 13.0. The highest BCUT2D eigenvalue weighted by Gasteiger charge is 2.08. The Morgan fingerprint density at radius 1 is 1.38 bits per heavy atom. The summed E-state index contributed by atoms with van der Waals surface area (Å²) in [6.45, 7) is 2.05. The van der Waals surface area contributed by atoms with Crippen LogP contribution in [0, 0.1) is 0 Å². The lowest BCUT2D eigenvalue weighted by Crippen LogP contribution is -2.10. The number of hydrogen-bond acceptors (Lipinski definition) is 4. The lowest BCUT2D eigenvalue weighted by molar-refractivity contribution is -0.131. The van der Waals surface area contributed by atoms with E-state index >= 15 is 0 Å².